The molecule has 2 amide bonds. The van der Waals surface area contributed by atoms with Crippen LogP contribution < -0.4 is 5.32 Å². The molecule has 0 bridgehead atoms. The van der Waals surface area contributed by atoms with Crippen molar-refractivity contribution in [1.29, 1.82) is 0 Å². The smallest absolute Gasteiger partial charge is 0.257 e. The van der Waals surface area contributed by atoms with Crippen molar-refractivity contribution in [3.8, 4) is 11.4 Å². The van der Waals surface area contributed by atoms with E-state index in [2.05, 4.69) is 25.2 Å². The van der Waals surface area contributed by atoms with Gasteiger partial charge < -0.3 is 15.0 Å². The highest BCUT2D eigenvalue weighted by Crippen LogP contribution is 2.20. The maximum atomic E-state index is 13.0. The Morgan fingerprint density at radius 2 is 1.97 bits per heavy atom. The predicted octanol–water partition coefficient (Wildman–Crippen LogP) is 0.375. The number of hydrogen-bond acceptors (Lipinski definition) is 7. The largest absolute Gasteiger partial charge is 0.379 e. The lowest BCUT2D eigenvalue weighted by molar-refractivity contribution is -0.121. The van der Waals surface area contributed by atoms with Crippen LogP contribution in [0, 0.1) is 0 Å². The molecule has 158 valence electrons. The molecule has 0 spiro atoms. The maximum absolute atomic E-state index is 13.0. The van der Waals surface area contributed by atoms with Gasteiger partial charge in [0.15, 0.2) is 5.82 Å². The second-order valence-corrected chi connectivity index (χ2v) is 7.42. The Balaban J connectivity index is 1.35. The van der Waals surface area contributed by atoms with E-state index in [1.54, 1.807) is 23.5 Å². The number of rotatable bonds is 6. The van der Waals surface area contributed by atoms with Crippen LogP contribution in [0.5, 0.6) is 0 Å². The van der Waals surface area contributed by atoms with Crippen LogP contribution in [0.15, 0.2) is 30.7 Å². The van der Waals surface area contributed by atoms with Crippen molar-refractivity contribution in [2.45, 2.75) is 12.8 Å². The standard InChI is InChI=1S/C21H26N6O3/c28-19(23-7-9-26-10-12-30-13-11-26)15-27-8-1-2-18-17(21(27)29)14-24-20(25-18)16-3-5-22-6-4-16/h3-6,14H,1-2,7-13,15H2,(H,23,28). The molecule has 9 heteroatoms. The first-order valence-corrected chi connectivity index (χ1v) is 10.3. The van der Waals surface area contributed by atoms with E-state index in [4.69, 9.17) is 4.74 Å². The minimum absolute atomic E-state index is 0.0491. The van der Waals surface area contributed by atoms with Gasteiger partial charge >= 0.3 is 0 Å². The summed E-state index contributed by atoms with van der Waals surface area (Å²) in [6, 6.07) is 3.68. The van der Waals surface area contributed by atoms with Crippen LogP contribution in [0.4, 0.5) is 0 Å². The average molecular weight is 410 g/mol. The maximum Gasteiger partial charge on any atom is 0.257 e. The van der Waals surface area contributed by atoms with E-state index in [9.17, 15) is 9.59 Å². The van der Waals surface area contributed by atoms with E-state index in [0.29, 0.717) is 30.9 Å². The summed E-state index contributed by atoms with van der Waals surface area (Å²) < 4.78 is 5.33. The van der Waals surface area contributed by atoms with Gasteiger partial charge in [0, 0.05) is 56.9 Å². The third kappa shape index (κ3) is 4.98. The molecule has 2 aromatic heterocycles. The molecule has 30 heavy (non-hydrogen) atoms. The highest BCUT2D eigenvalue weighted by Gasteiger charge is 2.26. The average Bonchev–Trinajstić information content (AvgIpc) is 2.93. The molecule has 0 aliphatic carbocycles. The fourth-order valence-corrected chi connectivity index (χ4v) is 3.69. The fourth-order valence-electron chi connectivity index (χ4n) is 3.69. The summed E-state index contributed by atoms with van der Waals surface area (Å²) >= 11 is 0. The molecule has 0 atom stereocenters. The topological polar surface area (TPSA) is 101 Å². The van der Waals surface area contributed by atoms with E-state index < -0.39 is 0 Å². The number of carbonyl (C=O) groups excluding carboxylic acids is 2. The van der Waals surface area contributed by atoms with E-state index in [1.165, 1.54) is 0 Å². The lowest BCUT2D eigenvalue weighted by atomic mass is 10.1. The number of hydrogen-bond donors (Lipinski definition) is 1. The van der Waals surface area contributed by atoms with Gasteiger partial charge in [0.25, 0.3) is 5.91 Å². The van der Waals surface area contributed by atoms with Crippen molar-refractivity contribution < 1.29 is 14.3 Å². The third-order valence-corrected chi connectivity index (χ3v) is 5.35. The number of aromatic nitrogens is 3. The number of carbonyl (C=O) groups is 2. The van der Waals surface area contributed by atoms with Crippen molar-refractivity contribution >= 4 is 11.8 Å². The number of morpholine rings is 1. The van der Waals surface area contributed by atoms with Gasteiger partial charge in [0.1, 0.15) is 0 Å². The molecule has 0 aromatic carbocycles. The molecule has 9 nitrogen and oxygen atoms in total. The van der Waals surface area contributed by atoms with Gasteiger partial charge in [-0.3, -0.25) is 19.5 Å². The van der Waals surface area contributed by atoms with Gasteiger partial charge in [-0.05, 0) is 25.0 Å². The zero-order valence-electron chi connectivity index (χ0n) is 16.9. The summed E-state index contributed by atoms with van der Waals surface area (Å²) in [6.07, 6.45) is 6.39. The molecule has 1 N–H and O–H groups in total. The van der Waals surface area contributed by atoms with Crippen molar-refractivity contribution in [2.24, 2.45) is 0 Å². The second kappa shape index (κ2) is 9.73. The first kappa shape index (κ1) is 20.4. The van der Waals surface area contributed by atoms with Gasteiger partial charge in [0.05, 0.1) is 31.0 Å². The number of aryl methyl sites for hydroxylation is 1. The summed E-state index contributed by atoms with van der Waals surface area (Å²) in [5.74, 6) is 0.250. The van der Waals surface area contributed by atoms with Crippen LogP contribution in [0.25, 0.3) is 11.4 Å². The molecule has 1 fully saturated rings. The fraction of sp³-hybridized carbons (Fsp3) is 0.476. The number of pyridine rings is 1. The molecular weight excluding hydrogens is 384 g/mol. The summed E-state index contributed by atoms with van der Waals surface area (Å²) in [6.45, 7) is 5.18. The van der Waals surface area contributed by atoms with Crippen molar-refractivity contribution in [3.05, 3.63) is 42.0 Å². The Hall–Kier alpha value is -2.91. The molecule has 1 saturated heterocycles. The molecule has 0 saturated carbocycles. The number of amides is 2. The number of fused-ring (bicyclic) bond motifs is 1. The molecule has 2 aliphatic rings. The zero-order valence-corrected chi connectivity index (χ0v) is 16.9. The molecular formula is C21H26N6O3. The minimum Gasteiger partial charge on any atom is -0.379 e. The first-order valence-electron chi connectivity index (χ1n) is 10.3. The van der Waals surface area contributed by atoms with Crippen LogP contribution in [-0.4, -0.2) is 89.0 Å². The first-order chi connectivity index (χ1) is 14.7. The molecule has 2 aliphatic heterocycles. The van der Waals surface area contributed by atoms with Gasteiger partial charge in [-0.25, -0.2) is 9.97 Å². The van der Waals surface area contributed by atoms with Gasteiger partial charge in [0.2, 0.25) is 5.91 Å². The summed E-state index contributed by atoms with van der Waals surface area (Å²) in [4.78, 5) is 42.2. The Morgan fingerprint density at radius 1 is 1.17 bits per heavy atom. The van der Waals surface area contributed by atoms with Crippen LogP contribution in [0.1, 0.15) is 22.5 Å². The van der Waals surface area contributed by atoms with Crippen molar-refractivity contribution in [3.63, 3.8) is 0 Å². The SMILES string of the molecule is O=C(CN1CCCc2nc(-c3ccncc3)ncc2C1=O)NCCN1CCOCC1. The summed E-state index contributed by atoms with van der Waals surface area (Å²) in [5.41, 5.74) is 2.07. The lowest BCUT2D eigenvalue weighted by Crippen LogP contribution is -2.44. The number of nitrogens with one attached hydrogen (secondary N) is 1. The van der Waals surface area contributed by atoms with Gasteiger partial charge in [-0.1, -0.05) is 0 Å². The molecule has 4 rings (SSSR count). The van der Waals surface area contributed by atoms with Crippen LogP contribution in [0.2, 0.25) is 0 Å². The molecule has 2 aromatic rings. The van der Waals surface area contributed by atoms with E-state index >= 15 is 0 Å². The van der Waals surface area contributed by atoms with Gasteiger partial charge in [-0.2, -0.15) is 0 Å². The Morgan fingerprint density at radius 3 is 2.77 bits per heavy atom. The summed E-state index contributed by atoms with van der Waals surface area (Å²) in [7, 11) is 0. The third-order valence-electron chi connectivity index (χ3n) is 5.35. The van der Waals surface area contributed by atoms with Crippen LogP contribution in [-0.2, 0) is 16.0 Å². The highest BCUT2D eigenvalue weighted by molar-refractivity contribution is 5.97. The van der Waals surface area contributed by atoms with Gasteiger partial charge in [-0.15, -0.1) is 0 Å². The second-order valence-electron chi connectivity index (χ2n) is 7.42. The van der Waals surface area contributed by atoms with E-state index in [0.717, 1.165) is 50.5 Å². The lowest BCUT2D eigenvalue weighted by Gasteiger charge is -2.26. The minimum atomic E-state index is -0.188. The van der Waals surface area contributed by atoms with Crippen LogP contribution in [0.3, 0.4) is 0 Å². The van der Waals surface area contributed by atoms with Crippen LogP contribution >= 0.6 is 0 Å². The van der Waals surface area contributed by atoms with E-state index in [-0.39, 0.29) is 18.4 Å². The molecule has 4 heterocycles. The quantitative estimate of drug-likeness (QED) is 0.735. The zero-order chi connectivity index (χ0) is 20.8. The molecule has 0 radical (unpaired) electrons. The monoisotopic (exact) mass is 410 g/mol. The van der Waals surface area contributed by atoms with Crippen molar-refractivity contribution in [1.82, 2.24) is 30.1 Å². The van der Waals surface area contributed by atoms with E-state index in [1.807, 2.05) is 12.1 Å². The van der Waals surface area contributed by atoms with Crippen molar-refractivity contribution in [2.75, 3.05) is 52.5 Å². The summed E-state index contributed by atoms with van der Waals surface area (Å²) in [5, 5.41) is 2.92. The highest BCUT2D eigenvalue weighted by atomic mass is 16.5. The predicted molar refractivity (Wildman–Crippen MR) is 110 cm³/mol. The Bertz CT molecular complexity index is 886. The Labute approximate surface area is 175 Å². The number of ether oxygens (including phenoxy) is 1. The number of nitrogens with zero attached hydrogens (tertiary/aromatic N) is 5. The normalized spacial score (nSPS) is 17.3. The Kier molecular flexibility index (Phi) is 6.60. The molecule has 0 unspecified atom stereocenters.